The van der Waals surface area contributed by atoms with Crippen LogP contribution < -0.4 is 0 Å². The summed E-state index contributed by atoms with van der Waals surface area (Å²) < 4.78 is 0. The highest BCUT2D eigenvalue weighted by Gasteiger charge is 2.48. The first-order valence-corrected chi connectivity index (χ1v) is 11.9. The van der Waals surface area contributed by atoms with Crippen molar-refractivity contribution in [2.75, 3.05) is 14.1 Å². The van der Waals surface area contributed by atoms with Crippen LogP contribution in [0.3, 0.4) is 0 Å². The Hall–Kier alpha value is -1.93. The summed E-state index contributed by atoms with van der Waals surface area (Å²) in [6.07, 6.45) is 19.4. The molecule has 2 aromatic rings. The molecule has 0 radical (unpaired) electrons. The van der Waals surface area contributed by atoms with Crippen LogP contribution in [-0.4, -0.2) is 30.0 Å². The van der Waals surface area contributed by atoms with Gasteiger partial charge in [0.2, 0.25) is 0 Å². The topological polar surface area (TPSA) is 16.1 Å². The lowest BCUT2D eigenvalue weighted by Gasteiger charge is -2.42. The lowest BCUT2D eigenvalue weighted by molar-refractivity contribution is 0.158. The molecule has 3 aliphatic carbocycles. The number of pyridine rings is 1. The van der Waals surface area contributed by atoms with Crippen LogP contribution >= 0.6 is 0 Å². The Morgan fingerprint density at radius 3 is 2.77 bits per heavy atom. The maximum atomic E-state index is 4.34. The van der Waals surface area contributed by atoms with Gasteiger partial charge in [-0.1, -0.05) is 42.4 Å². The van der Waals surface area contributed by atoms with Gasteiger partial charge in [0.05, 0.1) is 0 Å². The van der Waals surface area contributed by atoms with E-state index in [0.717, 1.165) is 12.0 Å². The highest BCUT2D eigenvalue weighted by atomic mass is 15.1. The van der Waals surface area contributed by atoms with Crippen LogP contribution in [0.4, 0.5) is 0 Å². The Kier molecular flexibility index (Phi) is 5.31. The molecule has 0 amide bonds. The van der Waals surface area contributed by atoms with Crippen LogP contribution in [0, 0.1) is 11.3 Å². The molecule has 3 aliphatic rings. The van der Waals surface area contributed by atoms with Gasteiger partial charge in [0, 0.05) is 23.8 Å². The minimum atomic E-state index is 0.449. The number of hydrogen-bond donors (Lipinski definition) is 0. The highest BCUT2D eigenvalue weighted by Crippen LogP contribution is 2.60. The van der Waals surface area contributed by atoms with Gasteiger partial charge < -0.3 is 4.90 Å². The van der Waals surface area contributed by atoms with Crippen molar-refractivity contribution in [2.24, 2.45) is 11.3 Å². The summed E-state index contributed by atoms with van der Waals surface area (Å²) in [5.41, 5.74) is 5.31. The van der Waals surface area contributed by atoms with E-state index in [9.17, 15) is 0 Å². The van der Waals surface area contributed by atoms with E-state index in [1.807, 2.05) is 12.4 Å². The van der Waals surface area contributed by atoms with E-state index in [-0.39, 0.29) is 0 Å². The number of allylic oxidation sites excluding steroid dienone is 3. The predicted octanol–water partition coefficient (Wildman–Crippen LogP) is 6.89. The van der Waals surface area contributed by atoms with E-state index in [0.29, 0.717) is 11.3 Å². The predicted molar refractivity (Wildman–Crippen MR) is 127 cm³/mol. The van der Waals surface area contributed by atoms with Crippen molar-refractivity contribution in [3.8, 4) is 0 Å². The molecule has 1 aromatic heterocycles. The van der Waals surface area contributed by atoms with Crippen LogP contribution in [0.25, 0.3) is 10.8 Å². The second kappa shape index (κ2) is 7.96. The molecular formula is C28H36N2. The smallest absolute Gasteiger partial charge is 0.0346 e. The van der Waals surface area contributed by atoms with Crippen LogP contribution in [-0.2, 0) is 0 Å². The summed E-state index contributed by atoms with van der Waals surface area (Å²) in [6.45, 7) is 2.58. The van der Waals surface area contributed by atoms with Gasteiger partial charge in [-0.2, -0.15) is 0 Å². The molecule has 158 valence electrons. The van der Waals surface area contributed by atoms with Gasteiger partial charge in [-0.15, -0.1) is 0 Å². The Morgan fingerprint density at radius 1 is 1.07 bits per heavy atom. The fourth-order valence-electron chi connectivity index (χ4n) is 6.58. The molecule has 2 nitrogen and oxygen atoms in total. The third-order valence-electron chi connectivity index (χ3n) is 8.63. The van der Waals surface area contributed by atoms with Gasteiger partial charge in [-0.25, -0.2) is 0 Å². The second-order valence-corrected chi connectivity index (χ2v) is 10.5. The normalized spacial score (nSPS) is 33.1. The fraction of sp³-hybridized carbons (Fsp3) is 0.536. The van der Waals surface area contributed by atoms with Crippen molar-refractivity contribution in [3.05, 3.63) is 65.5 Å². The Balaban J connectivity index is 1.32. The molecule has 2 heteroatoms. The van der Waals surface area contributed by atoms with Crippen LogP contribution in [0.5, 0.6) is 0 Å². The van der Waals surface area contributed by atoms with Crippen molar-refractivity contribution in [1.82, 2.24) is 9.88 Å². The minimum Gasteiger partial charge on any atom is -0.306 e. The average Bonchev–Trinajstić information content (AvgIpc) is 3.10. The van der Waals surface area contributed by atoms with E-state index >= 15 is 0 Å². The first-order valence-electron chi connectivity index (χ1n) is 11.9. The van der Waals surface area contributed by atoms with E-state index < -0.39 is 0 Å². The van der Waals surface area contributed by atoms with Crippen molar-refractivity contribution >= 4 is 10.8 Å². The van der Waals surface area contributed by atoms with E-state index in [4.69, 9.17) is 0 Å². The minimum absolute atomic E-state index is 0.449. The van der Waals surface area contributed by atoms with Gasteiger partial charge in [0.15, 0.2) is 0 Å². The monoisotopic (exact) mass is 400 g/mol. The summed E-state index contributed by atoms with van der Waals surface area (Å²) in [7, 11) is 4.43. The van der Waals surface area contributed by atoms with Gasteiger partial charge in [-0.05, 0) is 106 Å². The lowest BCUT2D eigenvalue weighted by atomic mass is 9.62. The van der Waals surface area contributed by atoms with Gasteiger partial charge in [0.1, 0.15) is 0 Å². The summed E-state index contributed by atoms with van der Waals surface area (Å²) in [6, 6.07) is 9.96. The molecule has 30 heavy (non-hydrogen) atoms. The van der Waals surface area contributed by atoms with E-state index in [1.54, 1.807) is 11.1 Å². The van der Waals surface area contributed by atoms with Crippen molar-refractivity contribution in [2.45, 2.75) is 70.3 Å². The molecule has 2 saturated carbocycles. The summed E-state index contributed by atoms with van der Waals surface area (Å²) in [5.74, 6) is 1.54. The molecule has 0 spiro atoms. The van der Waals surface area contributed by atoms with Crippen molar-refractivity contribution < 1.29 is 0 Å². The van der Waals surface area contributed by atoms with Crippen LogP contribution in [0.15, 0.2) is 60.0 Å². The molecule has 0 N–H and O–H groups in total. The Bertz CT molecular complexity index is 985. The third kappa shape index (κ3) is 3.64. The highest BCUT2D eigenvalue weighted by molar-refractivity contribution is 5.82. The maximum absolute atomic E-state index is 4.34. The zero-order valence-electron chi connectivity index (χ0n) is 18.9. The first-order chi connectivity index (χ1) is 14.5. The number of aromatic nitrogens is 1. The van der Waals surface area contributed by atoms with Crippen molar-refractivity contribution in [3.63, 3.8) is 0 Å². The second-order valence-electron chi connectivity index (χ2n) is 10.5. The standard InChI is InChI=1S/C28H36N2/c1-28-14-12-21(16-20-4-9-26(10-5-20)30(2)3)17-25(28)8-11-27(28)23-7-6-22-13-15-29-19-24(22)18-23/h4,6-7,13,15-16,18-19,25-27H,5,8-12,14,17H2,1-3H3/b21-16+/t25-,26?,27+,28-/m0/s1. The number of fused-ring (bicyclic) bond motifs is 2. The zero-order valence-corrected chi connectivity index (χ0v) is 18.9. The molecule has 0 saturated heterocycles. The largest absolute Gasteiger partial charge is 0.306 e. The quantitative estimate of drug-likeness (QED) is 0.558. The average molecular weight is 401 g/mol. The number of nitrogens with zero attached hydrogens (tertiary/aromatic N) is 2. The molecule has 1 heterocycles. The van der Waals surface area contributed by atoms with Crippen molar-refractivity contribution in [1.29, 1.82) is 0 Å². The van der Waals surface area contributed by atoms with E-state index in [1.165, 1.54) is 67.7 Å². The lowest BCUT2D eigenvalue weighted by Crippen LogP contribution is -2.31. The first kappa shape index (κ1) is 20.0. The van der Waals surface area contributed by atoms with E-state index in [2.05, 4.69) is 67.3 Å². The summed E-state index contributed by atoms with van der Waals surface area (Å²) >= 11 is 0. The van der Waals surface area contributed by atoms with Gasteiger partial charge in [0.25, 0.3) is 0 Å². The van der Waals surface area contributed by atoms with Crippen LogP contribution in [0.1, 0.15) is 69.8 Å². The molecule has 0 aliphatic heterocycles. The Labute approximate surface area is 182 Å². The molecule has 1 unspecified atom stereocenters. The fourth-order valence-corrected chi connectivity index (χ4v) is 6.58. The zero-order chi connectivity index (χ0) is 20.7. The molecular weight excluding hydrogens is 364 g/mol. The number of hydrogen-bond acceptors (Lipinski definition) is 2. The third-order valence-corrected chi connectivity index (χ3v) is 8.63. The maximum Gasteiger partial charge on any atom is 0.0346 e. The molecule has 5 rings (SSSR count). The molecule has 1 aromatic carbocycles. The number of rotatable bonds is 3. The molecule has 0 bridgehead atoms. The van der Waals surface area contributed by atoms with Crippen LogP contribution in [0.2, 0.25) is 0 Å². The van der Waals surface area contributed by atoms with Gasteiger partial charge in [-0.3, -0.25) is 4.98 Å². The Morgan fingerprint density at radius 2 is 1.97 bits per heavy atom. The molecule has 4 atom stereocenters. The molecule has 2 fully saturated rings. The summed E-state index contributed by atoms with van der Waals surface area (Å²) in [5, 5.41) is 2.60. The summed E-state index contributed by atoms with van der Waals surface area (Å²) in [4.78, 5) is 6.73. The number of benzene rings is 1. The van der Waals surface area contributed by atoms with Gasteiger partial charge >= 0.3 is 0 Å². The SMILES string of the molecule is CN(C)C1CC=C(/C=C2\CC[C@@]3(C)[C@@H](CC[C@@H]3c3ccc4ccncc4c3)C2)CC1.